The van der Waals surface area contributed by atoms with Gasteiger partial charge in [0.2, 0.25) is 5.91 Å². The van der Waals surface area contributed by atoms with Crippen LogP contribution in [0.3, 0.4) is 0 Å². The van der Waals surface area contributed by atoms with Crippen LogP contribution in [0.2, 0.25) is 5.02 Å². The van der Waals surface area contributed by atoms with Crippen LogP contribution in [-0.2, 0) is 11.2 Å². The van der Waals surface area contributed by atoms with E-state index in [1.807, 2.05) is 24.3 Å². The van der Waals surface area contributed by atoms with E-state index >= 15 is 0 Å². The number of carbonyl (C=O) groups excluding carboxylic acids is 1. The largest absolute Gasteiger partial charge is 0.353 e. The van der Waals surface area contributed by atoms with Gasteiger partial charge in [0, 0.05) is 30.2 Å². The van der Waals surface area contributed by atoms with Crippen molar-refractivity contribution in [3.05, 3.63) is 71.0 Å². The number of rotatable bonds is 5. The number of amides is 1. The lowest BCUT2D eigenvalue weighted by Crippen LogP contribution is -2.48. The van der Waals surface area contributed by atoms with Crippen molar-refractivity contribution in [2.75, 3.05) is 18.0 Å². The van der Waals surface area contributed by atoms with E-state index in [-0.39, 0.29) is 17.8 Å². The SMILES string of the molecule is O=C(Cc1cccc(Cl)c1)N[C@@H]1CCCN(c2cc(-c3ccc(F)cc3)[nH]n2)C1. The fraction of sp³-hybridized carbons (Fsp3) is 0.273. The van der Waals surface area contributed by atoms with Crippen molar-refractivity contribution in [3.63, 3.8) is 0 Å². The summed E-state index contributed by atoms with van der Waals surface area (Å²) in [6.45, 7) is 1.59. The minimum atomic E-state index is -0.263. The summed E-state index contributed by atoms with van der Waals surface area (Å²) in [4.78, 5) is 14.6. The highest BCUT2D eigenvalue weighted by Gasteiger charge is 2.23. The molecule has 2 heterocycles. The molecule has 7 heteroatoms. The molecule has 150 valence electrons. The van der Waals surface area contributed by atoms with Crippen LogP contribution in [0, 0.1) is 5.82 Å². The zero-order valence-electron chi connectivity index (χ0n) is 15.9. The van der Waals surface area contributed by atoms with Gasteiger partial charge < -0.3 is 10.2 Å². The van der Waals surface area contributed by atoms with Gasteiger partial charge in [0.15, 0.2) is 5.82 Å². The van der Waals surface area contributed by atoms with Gasteiger partial charge in [0.05, 0.1) is 12.1 Å². The number of anilines is 1. The molecule has 1 aliphatic rings. The predicted molar refractivity (Wildman–Crippen MR) is 113 cm³/mol. The second-order valence-electron chi connectivity index (χ2n) is 7.31. The maximum Gasteiger partial charge on any atom is 0.224 e. The van der Waals surface area contributed by atoms with Crippen LogP contribution in [0.1, 0.15) is 18.4 Å². The smallest absolute Gasteiger partial charge is 0.224 e. The Morgan fingerprint density at radius 1 is 1.24 bits per heavy atom. The first-order valence-corrected chi connectivity index (χ1v) is 10.0. The van der Waals surface area contributed by atoms with E-state index in [0.29, 0.717) is 18.0 Å². The number of carbonyl (C=O) groups is 1. The monoisotopic (exact) mass is 412 g/mol. The Labute approximate surface area is 173 Å². The maximum atomic E-state index is 13.1. The highest BCUT2D eigenvalue weighted by Crippen LogP contribution is 2.24. The van der Waals surface area contributed by atoms with E-state index in [9.17, 15) is 9.18 Å². The number of H-pyrrole nitrogens is 1. The quantitative estimate of drug-likeness (QED) is 0.660. The van der Waals surface area contributed by atoms with Crippen molar-refractivity contribution in [2.45, 2.75) is 25.3 Å². The number of piperidine rings is 1. The standard InChI is InChI=1S/C22H22ClFN4O/c23-17-4-1-3-15(11-17)12-22(29)25-19-5-2-10-28(14-19)21-13-20(26-27-21)16-6-8-18(24)9-7-16/h1,3-4,6-9,11,13,19H,2,5,10,12,14H2,(H,25,29)(H,26,27)/t19-/m1/s1. The lowest BCUT2D eigenvalue weighted by atomic mass is 10.0. The van der Waals surface area contributed by atoms with Crippen molar-refractivity contribution < 1.29 is 9.18 Å². The molecule has 0 bridgehead atoms. The maximum absolute atomic E-state index is 13.1. The Bertz CT molecular complexity index is 988. The van der Waals surface area contributed by atoms with Crippen molar-refractivity contribution >= 4 is 23.3 Å². The van der Waals surface area contributed by atoms with Crippen LogP contribution >= 0.6 is 11.6 Å². The molecule has 1 saturated heterocycles. The third-order valence-electron chi connectivity index (χ3n) is 5.08. The molecule has 1 aromatic heterocycles. The second kappa shape index (κ2) is 8.66. The minimum absolute atomic E-state index is 0.00635. The van der Waals surface area contributed by atoms with Crippen molar-refractivity contribution in [1.29, 1.82) is 0 Å². The first-order chi connectivity index (χ1) is 14.1. The van der Waals surface area contributed by atoms with Crippen molar-refractivity contribution in [2.24, 2.45) is 0 Å². The fourth-order valence-corrected chi connectivity index (χ4v) is 3.88. The van der Waals surface area contributed by atoms with Crippen LogP contribution < -0.4 is 10.2 Å². The molecule has 0 unspecified atom stereocenters. The van der Waals surface area contributed by atoms with Gasteiger partial charge in [-0.3, -0.25) is 9.89 Å². The number of nitrogens with zero attached hydrogens (tertiary/aromatic N) is 2. The lowest BCUT2D eigenvalue weighted by molar-refractivity contribution is -0.121. The van der Waals surface area contributed by atoms with E-state index < -0.39 is 0 Å². The van der Waals surface area contributed by atoms with E-state index in [4.69, 9.17) is 11.6 Å². The van der Waals surface area contributed by atoms with Crippen LogP contribution in [0.25, 0.3) is 11.3 Å². The highest BCUT2D eigenvalue weighted by atomic mass is 35.5. The summed E-state index contributed by atoms with van der Waals surface area (Å²) in [5, 5.41) is 11.2. The van der Waals surface area contributed by atoms with E-state index in [0.717, 1.165) is 42.0 Å². The predicted octanol–water partition coefficient (Wildman–Crippen LogP) is 4.20. The van der Waals surface area contributed by atoms with Gasteiger partial charge in [-0.2, -0.15) is 5.10 Å². The van der Waals surface area contributed by atoms with Gasteiger partial charge >= 0.3 is 0 Å². The summed E-state index contributed by atoms with van der Waals surface area (Å²) in [5.74, 6) is 0.562. The van der Waals surface area contributed by atoms with Gasteiger partial charge in [0.1, 0.15) is 5.82 Å². The molecule has 0 spiro atoms. The summed E-state index contributed by atoms with van der Waals surface area (Å²) in [6.07, 6.45) is 2.22. The van der Waals surface area contributed by atoms with Gasteiger partial charge in [-0.05, 0) is 60.4 Å². The molecule has 0 radical (unpaired) electrons. The summed E-state index contributed by atoms with van der Waals surface area (Å²) in [5.41, 5.74) is 2.62. The van der Waals surface area contributed by atoms with Gasteiger partial charge in [-0.15, -0.1) is 0 Å². The Hall–Kier alpha value is -2.86. The zero-order chi connectivity index (χ0) is 20.2. The topological polar surface area (TPSA) is 61.0 Å². The Morgan fingerprint density at radius 2 is 2.07 bits per heavy atom. The Balaban J connectivity index is 1.37. The van der Waals surface area contributed by atoms with Crippen LogP contribution in [0.15, 0.2) is 54.6 Å². The molecule has 3 aromatic rings. The minimum Gasteiger partial charge on any atom is -0.353 e. The molecular weight excluding hydrogens is 391 g/mol. The van der Waals surface area contributed by atoms with E-state index in [1.165, 1.54) is 12.1 Å². The van der Waals surface area contributed by atoms with Gasteiger partial charge in [0.25, 0.3) is 0 Å². The third kappa shape index (κ3) is 4.95. The zero-order valence-corrected chi connectivity index (χ0v) is 16.6. The molecule has 1 fully saturated rings. The molecule has 1 amide bonds. The molecule has 29 heavy (non-hydrogen) atoms. The number of halogens is 2. The summed E-state index contributed by atoms with van der Waals surface area (Å²) < 4.78 is 13.1. The van der Waals surface area contributed by atoms with Crippen molar-refractivity contribution in [3.8, 4) is 11.3 Å². The summed E-state index contributed by atoms with van der Waals surface area (Å²) in [6, 6.07) is 15.7. The van der Waals surface area contributed by atoms with Crippen LogP contribution in [0.4, 0.5) is 10.2 Å². The molecule has 0 aliphatic carbocycles. The second-order valence-corrected chi connectivity index (χ2v) is 7.74. The van der Waals surface area contributed by atoms with E-state index in [1.54, 1.807) is 18.2 Å². The molecule has 0 saturated carbocycles. The van der Waals surface area contributed by atoms with Gasteiger partial charge in [-0.1, -0.05) is 23.7 Å². The molecule has 4 rings (SSSR count). The number of nitrogens with one attached hydrogen (secondary N) is 2. The molecule has 1 atom stereocenters. The molecule has 5 nitrogen and oxygen atoms in total. The summed E-state index contributed by atoms with van der Waals surface area (Å²) >= 11 is 5.99. The fourth-order valence-electron chi connectivity index (χ4n) is 3.66. The van der Waals surface area contributed by atoms with E-state index in [2.05, 4.69) is 20.4 Å². The molecule has 2 aromatic carbocycles. The summed E-state index contributed by atoms with van der Waals surface area (Å²) in [7, 11) is 0. The normalized spacial score (nSPS) is 16.6. The number of hydrogen-bond donors (Lipinski definition) is 2. The number of aromatic amines is 1. The first kappa shape index (κ1) is 19.5. The average Bonchev–Trinajstić information content (AvgIpc) is 3.19. The Morgan fingerprint density at radius 3 is 2.86 bits per heavy atom. The number of benzene rings is 2. The van der Waals surface area contributed by atoms with Crippen LogP contribution in [0.5, 0.6) is 0 Å². The Kier molecular flexibility index (Phi) is 5.81. The number of aromatic nitrogens is 2. The highest BCUT2D eigenvalue weighted by molar-refractivity contribution is 6.30. The van der Waals surface area contributed by atoms with Crippen molar-refractivity contribution in [1.82, 2.24) is 15.5 Å². The average molecular weight is 413 g/mol. The lowest BCUT2D eigenvalue weighted by Gasteiger charge is -2.33. The molecular formula is C22H22ClFN4O. The molecule has 1 aliphatic heterocycles. The van der Waals surface area contributed by atoms with Crippen LogP contribution in [-0.4, -0.2) is 35.2 Å². The van der Waals surface area contributed by atoms with Gasteiger partial charge in [-0.25, -0.2) is 4.39 Å². The molecule has 2 N–H and O–H groups in total. The third-order valence-corrected chi connectivity index (χ3v) is 5.32. The first-order valence-electron chi connectivity index (χ1n) is 9.67. The number of hydrogen-bond acceptors (Lipinski definition) is 3.